The molecule has 2 aromatic rings. The number of carbonyl (C=O) groups is 1. The summed E-state index contributed by atoms with van der Waals surface area (Å²) in [7, 11) is 0. The number of amides is 1. The monoisotopic (exact) mass is 434 g/mol. The van der Waals surface area contributed by atoms with Crippen molar-refractivity contribution in [2.45, 2.75) is 37.1 Å². The normalized spacial score (nSPS) is 21.1. The molecule has 0 radical (unpaired) electrons. The van der Waals surface area contributed by atoms with Crippen LogP contribution >= 0.6 is 0 Å². The smallest absolute Gasteiger partial charge is 0.393 e. The summed E-state index contributed by atoms with van der Waals surface area (Å²) in [5, 5.41) is 12.0. The van der Waals surface area contributed by atoms with E-state index in [2.05, 4.69) is 15.3 Å². The third-order valence-electron chi connectivity index (χ3n) is 5.08. The lowest BCUT2D eigenvalue weighted by Crippen LogP contribution is -2.58. The fourth-order valence-electron chi connectivity index (χ4n) is 3.24. The van der Waals surface area contributed by atoms with Crippen LogP contribution in [0.15, 0.2) is 30.6 Å². The minimum Gasteiger partial charge on any atom is -0.393 e. The van der Waals surface area contributed by atoms with Gasteiger partial charge in [-0.05, 0) is 31.0 Å². The number of nitrogens with two attached hydrogens (primary N) is 1. The number of nitrogens with zero attached hydrogens (tertiary/aromatic N) is 2. The fraction of sp³-hybridized carbons (Fsp3) is 0.389. The van der Waals surface area contributed by atoms with Gasteiger partial charge in [0.15, 0.2) is 5.69 Å². The molecule has 162 valence electrons. The number of alkyl halides is 5. The number of halogens is 6. The standard InChI is InChI=1S/C18H16F6N4O2/c19-11-3-1-8(5-10(11)17(25,16(20)21)9-2-4-13(9)29)28-15(30)12-6-27-14(7-26-12)18(22,23)24/h1,3,5-7,9,13,16,29H,2,4,25H2,(H,28,30). The van der Waals surface area contributed by atoms with E-state index in [-0.39, 0.29) is 18.5 Å². The number of hydrogen-bond acceptors (Lipinski definition) is 5. The van der Waals surface area contributed by atoms with Crippen molar-refractivity contribution in [3.05, 3.63) is 53.4 Å². The average molecular weight is 434 g/mol. The summed E-state index contributed by atoms with van der Waals surface area (Å²) in [5.41, 5.74) is 0.835. The van der Waals surface area contributed by atoms with E-state index < -0.39 is 58.8 Å². The third-order valence-corrected chi connectivity index (χ3v) is 5.08. The maximum atomic E-state index is 14.4. The van der Waals surface area contributed by atoms with E-state index in [1.165, 1.54) is 0 Å². The van der Waals surface area contributed by atoms with E-state index in [4.69, 9.17) is 5.73 Å². The van der Waals surface area contributed by atoms with Gasteiger partial charge in [0.1, 0.15) is 17.1 Å². The summed E-state index contributed by atoms with van der Waals surface area (Å²) in [6.07, 6.45) is -7.69. The second-order valence-electron chi connectivity index (χ2n) is 6.92. The van der Waals surface area contributed by atoms with Gasteiger partial charge in [-0.25, -0.2) is 23.1 Å². The summed E-state index contributed by atoms with van der Waals surface area (Å²) in [6.45, 7) is 0. The molecule has 1 aromatic heterocycles. The van der Waals surface area contributed by atoms with Crippen molar-refractivity contribution in [3.63, 3.8) is 0 Å². The Morgan fingerprint density at radius 3 is 2.37 bits per heavy atom. The van der Waals surface area contributed by atoms with Crippen LogP contribution < -0.4 is 11.1 Å². The molecule has 1 fully saturated rings. The van der Waals surface area contributed by atoms with Gasteiger partial charge in [-0.3, -0.25) is 4.79 Å². The second kappa shape index (κ2) is 7.84. The molecule has 1 aliphatic rings. The van der Waals surface area contributed by atoms with Crippen LogP contribution in [0.2, 0.25) is 0 Å². The number of nitrogens with one attached hydrogen (secondary N) is 1. The Bertz CT molecular complexity index is 937. The summed E-state index contributed by atoms with van der Waals surface area (Å²) >= 11 is 0. The number of anilines is 1. The lowest BCUT2D eigenvalue weighted by molar-refractivity contribution is -0.141. The first-order chi connectivity index (χ1) is 13.9. The fourth-order valence-corrected chi connectivity index (χ4v) is 3.24. The van der Waals surface area contributed by atoms with Crippen molar-refractivity contribution >= 4 is 11.6 Å². The summed E-state index contributed by atoms with van der Waals surface area (Å²) in [6, 6.07) is 2.79. The minimum atomic E-state index is -4.74. The largest absolute Gasteiger partial charge is 0.434 e. The number of rotatable bonds is 5. The maximum Gasteiger partial charge on any atom is 0.434 e. The van der Waals surface area contributed by atoms with Crippen LogP contribution in [0.1, 0.15) is 34.6 Å². The number of carbonyl (C=O) groups excluding carboxylic acids is 1. The molecular weight excluding hydrogens is 418 g/mol. The first-order valence-corrected chi connectivity index (χ1v) is 8.70. The average Bonchev–Trinajstić information content (AvgIpc) is 2.67. The van der Waals surface area contributed by atoms with Crippen LogP contribution in [-0.4, -0.2) is 33.5 Å². The zero-order chi connectivity index (χ0) is 22.3. The molecule has 1 heterocycles. The lowest BCUT2D eigenvalue weighted by atomic mass is 9.66. The van der Waals surface area contributed by atoms with Crippen LogP contribution in [0.5, 0.6) is 0 Å². The minimum absolute atomic E-state index is 0.137. The Balaban J connectivity index is 1.87. The van der Waals surface area contributed by atoms with E-state index >= 15 is 0 Å². The highest BCUT2D eigenvalue weighted by molar-refractivity contribution is 6.02. The molecule has 3 unspecified atom stereocenters. The van der Waals surface area contributed by atoms with Crippen LogP contribution in [0.3, 0.4) is 0 Å². The quantitative estimate of drug-likeness (QED) is 0.628. The van der Waals surface area contributed by atoms with Crippen LogP contribution in [0.25, 0.3) is 0 Å². The van der Waals surface area contributed by atoms with Gasteiger partial charge >= 0.3 is 6.18 Å². The Morgan fingerprint density at radius 1 is 1.20 bits per heavy atom. The van der Waals surface area contributed by atoms with E-state index in [0.717, 1.165) is 18.2 Å². The summed E-state index contributed by atoms with van der Waals surface area (Å²) < 4.78 is 79.5. The van der Waals surface area contributed by atoms with E-state index in [1.807, 2.05) is 0 Å². The van der Waals surface area contributed by atoms with Crippen LogP contribution in [-0.2, 0) is 11.7 Å². The van der Waals surface area contributed by atoms with Crippen molar-refractivity contribution in [2.75, 3.05) is 5.32 Å². The molecule has 3 atom stereocenters. The van der Waals surface area contributed by atoms with E-state index in [1.54, 1.807) is 0 Å². The van der Waals surface area contributed by atoms with Crippen molar-refractivity contribution in [1.82, 2.24) is 9.97 Å². The number of aromatic nitrogens is 2. The molecule has 0 saturated heterocycles. The van der Waals surface area contributed by atoms with Gasteiger partial charge < -0.3 is 16.2 Å². The topological polar surface area (TPSA) is 101 Å². The first kappa shape index (κ1) is 22.0. The van der Waals surface area contributed by atoms with Crippen molar-refractivity contribution in [2.24, 2.45) is 11.7 Å². The lowest BCUT2D eigenvalue weighted by Gasteiger charge is -2.45. The summed E-state index contributed by atoms with van der Waals surface area (Å²) in [4.78, 5) is 18.7. The van der Waals surface area contributed by atoms with Gasteiger partial charge in [-0.2, -0.15) is 13.2 Å². The highest BCUT2D eigenvalue weighted by Crippen LogP contribution is 2.45. The maximum absolute atomic E-state index is 14.4. The van der Waals surface area contributed by atoms with Gasteiger partial charge in [-0.1, -0.05) is 0 Å². The molecule has 0 aliphatic heterocycles. The molecule has 6 nitrogen and oxygen atoms in total. The van der Waals surface area contributed by atoms with Gasteiger partial charge in [-0.15, -0.1) is 0 Å². The zero-order valence-corrected chi connectivity index (χ0v) is 15.1. The Kier molecular flexibility index (Phi) is 5.74. The molecular formula is C18H16F6N4O2. The van der Waals surface area contributed by atoms with E-state index in [0.29, 0.717) is 12.4 Å². The molecule has 1 aromatic carbocycles. The van der Waals surface area contributed by atoms with Crippen molar-refractivity contribution in [1.29, 1.82) is 0 Å². The van der Waals surface area contributed by atoms with Crippen molar-refractivity contribution in [3.8, 4) is 0 Å². The van der Waals surface area contributed by atoms with Crippen LogP contribution in [0.4, 0.5) is 32.0 Å². The molecule has 30 heavy (non-hydrogen) atoms. The van der Waals surface area contributed by atoms with Gasteiger partial charge in [0, 0.05) is 17.2 Å². The predicted octanol–water partition coefficient (Wildman–Crippen LogP) is 3.08. The number of benzene rings is 1. The Hall–Kier alpha value is -2.73. The summed E-state index contributed by atoms with van der Waals surface area (Å²) in [5.74, 6) is -3.12. The molecule has 1 amide bonds. The van der Waals surface area contributed by atoms with Gasteiger partial charge in [0.25, 0.3) is 12.3 Å². The molecule has 3 rings (SSSR count). The zero-order valence-electron chi connectivity index (χ0n) is 15.1. The van der Waals surface area contributed by atoms with E-state index in [9.17, 15) is 36.2 Å². The van der Waals surface area contributed by atoms with Gasteiger partial charge in [0.05, 0.1) is 18.5 Å². The number of aliphatic hydroxyl groups excluding tert-OH is 1. The molecule has 12 heteroatoms. The Labute approximate surface area is 166 Å². The number of aliphatic hydroxyl groups is 1. The molecule has 1 aliphatic carbocycles. The third kappa shape index (κ3) is 3.97. The first-order valence-electron chi connectivity index (χ1n) is 8.70. The van der Waals surface area contributed by atoms with Crippen LogP contribution in [0, 0.1) is 11.7 Å². The molecule has 4 N–H and O–H groups in total. The molecule has 0 spiro atoms. The highest BCUT2D eigenvalue weighted by Gasteiger charge is 2.53. The highest BCUT2D eigenvalue weighted by atomic mass is 19.4. The van der Waals surface area contributed by atoms with Crippen molar-refractivity contribution < 1.29 is 36.2 Å². The number of hydrogen-bond donors (Lipinski definition) is 3. The predicted molar refractivity (Wildman–Crippen MR) is 92.0 cm³/mol. The Morgan fingerprint density at radius 2 is 1.90 bits per heavy atom. The molecule has 1 saturated carbocycles. The second-order valence-corrected chi connectivity index (χ2v) is 6.92. The molecule has 0 bridgehead atoms. The SMILES string of the molecule is NC(c1cc(NC(=O)c2cnc(C(F)(F)F)cn2)ccc1F)(C(F)F)C1CCC1O. The van der Waals surface area contributed by atoms with Gasteiger partial charge in [0.2, 0.25) is 0 Å².